The topological polar surface area (TPSA) is 66.2 Å². The third kappa shape index (κ3) is 3.45. The van der Waals surface area contributed by atoms with Crippen LogP contribution in [0.5, 0.6) is 0 Å². The fourth-order valence-corrected chi connectivity index (χ4v) is 2.19. The van der Waals surface area contributed by atoms with Crippen LogP contribution in [0.3, 0.4) is 0 Å². The number of nitrogens with zero attached hydrogens (tertiary/aromatic N) is 3. The molecule has 0 atom stereocenters. The van der Waals surface area contributed by atoms with Gasteiger partial charge < -0.3 is 9.47 Å². The van der Waals surface area contributed by atoms with Crippen molar-refractivity contribution in [1.82, 2.24) is 15.0 Å². The Morgan fingerprint density at radius 1 is 1.43 bits per heavy atom. The zero-order chi connectivity index (χ0) is 15.4. The van der Waals surface area contributed by atoms with Crippen LogP contribution in [0, 0.1) is 5.82 Å². The minimum absolute atomic E-state index is 0.0897. The van der Waals surface area contributed by atoms with E-state index in [1.54, 1.807) is 6.07 Å². The van der Waals surface area contributed by atoms with Crippen molar-refractivity contribution in [2.75, 3.05) is 14.2 Å². The van der Waals surface area contributed by atoms with E-state index in [1.165, 1.54) is 31.0 Å². The molecule has 0 aliphatic heterocycles. The molecule has 0 saturated carbocycles. The summed E-state index contributed by atoms with van der Waals surface area (Å²) in [6.07, 6.45) is 0. The van der Waals surface area contributed by atoms with E-state index in [0.29, 0.717) is 11.3 Å². The number of carbonyl (C=O) groups excluding carboxylic acids is 1. The molecule has 6 nitrogen and oxygen atoms in total. The number of benzene rings is 1. The smallest absolute Gasteiger partial charge is 0.360 e. The maximum Gasteiger partial charge on any atom is 0.360 e. The molecule has 21 heavy (non-hydrogen) atoms. The Balaban J connectivity index is 2.37. The highest BCUT2D eigenvalue weighted by Crippen LogP contribution is 2.20. The molecule has 2 aromatic rings. The SMILES string of the molecule is COCc1c(C(=O)OC)nnn1Cc1cc(F)ccc1Br. The highest BCUT2D eigenvalue weighted by molar-refractivity contribution is 9.10. The predicted octanol–water partition coefficient (Wildman–Crippen LogP) is 2.16. The molecule has 1 aromatic heterocycles. The Bertz CT molecular complexity index is 660. The zero-order valence-corrected chi connectivity index (χ0v) is 13.1. The van der Waals surface area contributed by atoms with Crippen molar-refractivity contribution in [1.29, 1.82) is 0 Å². The van der Waals surface area contributed by atoms with Crippen molar-refractivity contribution in [2.24, 2.45) is 0 Å². The second-order valence-electron chi connectivity index (χ2n) is 4.20. The maximum absolute atomic E-state index is 13.3. The Hall–Kier alpha value is -1.80. The lowest BCUT2D eigenvalue weighted by atomic mass is 10.2. The molecular formula is C13H13BrFN3O3. The van der Waals surface area contributed by atoms with E-state index in [0.717, 1.165) is 4.47 Å². The predicted molar refractivity (Wildman–Crippen MR) is 75.3 cm³/mol. The molecular weight excluding hydrogens is 345 g/mol. The molecule has 0 N–H and O–H groups in total. The van der Waals surface area contributed by atoms with Gasteiger partial charge in [0.2, 0.25) is 0 Å². The number of carbonyl (C=O) groups is 1. The van der Waals surface area contributed by atoms with E-state index >= 15 is 0 Å². The summed E-state index contributed by atoms with van der Waals surface area (Å²) >= 11 is 3.35. The van der Waals surface area contributed by atoms with E-state index in [1.807, 2.05) is 0 Å². The lowest BCUT2D eigenvalue weighted by Crippen LogP contribution is -2.11. The van der Waals surface area contributed by atoms with Gasteiger partial charge in [-0.3, -0.25) is 0 Å². The number of hydrogen-bond donors (Lipinski definition) is 0. The van der Waals surface area contributed by atoms with Crippen LogP contribution in [0.25, 0.3) is 0 Å². The van der Waals surface area contributed by atoms with Gasteiger partial charge in [0.05, 0.1) is 26.0 Å². The number of esters is 1. The molecule has 112 valence electrons. The number of rotatable bonds is 5. The van der Waals surface area contributed by atoms with Crippen molar-refractivity contribution in [2.45, 2.75) is 13.2 Å². The first-order chi connectivity index (χ1) is 10.1. The van der Waals surface area contributed by atoms with E-state index in [2.05, 4.69) is 31.0 Å². The fourth-order valence-electron chi connectivity index (χ4n) is 1.82. The van der Waals surface area contributed by atoms with Crippen LogP contribution in [-0.4, -0.2) is 35.2 Å². The van der Waals surface area contributed by atoms with Crippen molar-refractivity contribution in [3.63, 3.8) is 0 Å². The normalized spacial score (nSPS) is 10.7. The lowest BCUT2D eigenvalue weighted by molar-refractivity contribution is 0.0588. The standard InChI is InChI=1S/C13H13BrFN3O3/c1-20-7-11-12(13(19)21-2)16-17-18(11)6-8-5-9(15)3-4-10(8)14/h3-5H,6-7H2,1-2H3. The average molecular weight is 358 g/mol. The maximum atomic E-state index is 13.3. The summed E-state index contributed by atoms with van der Waals surface area (Å²) in [7, 11) is 2.76. The summed E-state index contributed by atoms with van der Waals surface area (Å²) in [6.45, 7) is 0.394. The van der Waals surface area contributed by atoms with Crippen molar-refractivity contribution in [3.8, 4) is 0 Å². The van der Waals surface area contributed by atoms with E-state index in [4.69, 9.17) is 4.74 Å². The zero-order valence-electron chi connectivity index (χ0n) is 11.5. The molecule has 8 heteroatoms. The van der Waals surface area contributed by atoms with Crippen LogP contribution in [0.15, 0.2) is 22.7 Å². The Morgan fingerprint density at radius 2 is 2.19 bits per heavy atom. The molecule has 0 unspecified atom stereocenters. The van der Waals surface area contributed by atoms with Crippen LogP contribution in [-0.2, 0) is 22.6 Å². The third-order valence-electron chi connectivity index (χ3n) is 2.83. The van der Waals surface area contributed by atoms with Gasteiger partial charge >= 0.3 is 5.97 Å². The summed E-state index contributed by atoms with van der Waals surface area (Å²) in [6, 6.07) is 4.35. The van der Waals surface area contributed by atoms with Crippen molar-refractivity contribution < 1.29 is 18.7 Å². The summed E-state index contributed by atoms with van der Waals surface area (Å²) < 4.78 is 25.3. The second kappa shape index (κ2) is 6.77. The van der Waals surface area contributed by atoms with Gasteiger partial charge in [-0.15, -0.1) is 5.10 Å². The summed E-state index contributed by atoms with van der Waals surface area (Å²) in [5.41, 5.74) is 1.24. The summed E-state index contributed by atoms with van der Waals surface area (Å²) in [5.74, 6) is -0.943. The molecule has 0 aliphatic rings. The fraction of sp³-hybridized carbons (Fsp3) is 0.308. The summed E-state index contributed by atoms with van der Waals surface area (Å²) in [5, 5.41) is 7.72. The summed E-state index contributed by atoms with van der Waals surface area (Å²) in [4.78, 5) is 11.6. The van der Waals surface area contributed by atoms with Gasteiger partial charge in [0, 0.05) is 11.6 Å². The highest BCUT2D eigenvalue weighted by atomic mass is 79.9. The molecule has 0 fully saturated rings. The Labute approximate surface area is 129 Å². The van der Waals surface area contributed by atoms with Crippen LogP contribution in [0.2, 0.25) is 0 Å². The van der Waals surface area contributed by atoms with E-state index in [9.17, 15) is 9.18 Å². The molecule has 0 aliphatic carbocycles. The van der Waals surface area contributed by atoms with Gasteiger partial charge in [0.15, 0.2) is 5.69 Å². The van der Waals surface area contributed by atoms with Gasteiger partial charge in [0.25, 0.3) is 0 Å². The number of aromatic nitrogens is 3. The number of halogens is 2. The largest absolute Gasteiger partial charge is 0.464 e. The van der Waals surface area contributed by atoms with Crippen molar-refractivity contribution in [3.05, 3.63) is 45.4 Å². The quantitative estimate of drug-likeness (QED) is 0.767. The molecule has 0 bridgehead atoms. The van der Waals surface area contributed by atoms with Gasteiger partial charge in [-0.1, -0.05) is 21.1 Å². The first-order valence-corrected chi connectivity index (χ1v) is 6.79. The van der Waals surface area contributed by atoms with Crippen LogP contribution >= 0.6 is 15.9 Å². The van der Waals surface area contributed by atoms with Gasteiger partial charge in [-0.2, -0.15) is 0 Å². The molecule has 2 rings (SSSR count). The van der Waals surface area contributed by atoms with Gasteiger partial charge in [-0.05, 0) is 23.8 Å². The molecule has 0 spiro atoms. The lowest BCUT2D eigenvalue weighted by Gasteiger charge is -2.08. The van der Waals surface area contributed by atoms with Crippen LogP contribution in [0.4, 0.5) is 4.39 Å². The monoisotopic (exact) mass is 357 g/mol. The Kier molecular flexibility index (Phi) is 5.03. The first-order valence-electron chi connectivity index (χ1n) is 6.00. The number of ether oxygens (including phenoxy) is 2. The van der Waals surface area contributed by atoms with Crippen LogP contribution < -0.4 is 0 Å². The van der Waals surface area contributed by atoms with E-state index in [-0.39, 0.29) is 24.7 Å². The highest BCUT2D eigenvalue weighted by Gasteiger charge is 2.20. The van der Waals surface area contributed by atoms with Gasteiger partial charge in [0.1, 0.15) is 5.82 Å². The molecule has 0 saturated heterocycles. The minimum atomic E-state index is -0.591. The number of hydrogen-bond acceptors (Lipinski definition) is 5. The molecule has 0 amide bonds. The first kappa shape index (κ1) is 15.6. The van der Waals surface area contributed by atoms with E-state index < -0.39 is 5.97 Å². The number of methoxy groups -OCH3 is 2. The van der Waals surface area contributed by atoms with Gasteiger partial charge in [-0.25, -0.2) is 13.9 Å². The average Bonchev–Trinajstić information content (AvgIpc) is 2.85. The molecule has 0 radical (unpaired) electrons. The molecule has 1 aromatic carbocycles. The van der Waals surface area contributed by atoms with Crippen molar-refractivity contribution >= 4 is 21.9 Å². The third-order valence-corrected chi connectivity index (χ3v) is 3.60. The minimum Gasteiger partial charge on any atom is -0.464 e. The molecule has 1 heterocycles. The second-order valence-corrected chi connectivity index (χ2v) is 5.06. The van der Waals surface area contributed by atoms with Crippen LogP contribution in [0.1, 0.15) is 21.7 Å². The Morgan fingerprint density at radius 3 is 2.86 bits per heavy atom.